The van der Waals surface area contributed by atoms with Crippen LogP contribution < -0.4 is 19.5 Å². The number of ether oxygens (including phenoxy) is 2. The summed E-state index contributed by atoms with van der Waals surface area (Å²) in [5.74, 6) is 1.70. The van der Waals surface area contributed by atoms with Gasteiger partial charge >= 0.3 is 5.97 Å². The van der Waals surface area contributed by atoms with Crippen molar-refractivity contribution in [3.63, 3.8) is 0 Å². The van der Waals surface area contributed by atoms with Crippen LogP contribution in [0.3, 0.4) is 0 Å². The Kier molecular flexibility index (Phi) is 11.0. The average Bonchev–Trinajstić information content (AvgIpc) is 3.71. The van der Waals surface area contributed by atoms with E-state index in [1.807, 2.05) is 30.5 Å². The molecule has 3 atom stereocenters. The highest BCUT2D eigenvalue weighted by atomic mass is 35.5. The Morgan fingerprint density at radius 2 is 1.94 bits per heavy atom. The third-order valence-corrected chi connectivity index (χ3v) is 13.6. The molecule has 2 aromatic carbocycles. The van der Waals surface area contributed by atoms with Crippen LogP contribution in [0.1, 0.15) is 87.1 Å². The number of nitrogens with zero attached hydrogens (tertiary/aromatic N) is 3. The van der Waals surface area contributed by atoms with Crippen molar-refractivity contribution in [2.45, 2.75) is 93.4 Å². The van der Waals surface area contributed by atoms with Gasteiger partial charge in [-0.15, -0.1) is 0 Å². The Labute approximate surface area is 322 Å². The Balaban J connectivity index is 1.09. The van der Waals surface area contributed by atoms with E-state index in [0.29, 0.717) is 54.7 Å². The minimum absolute atomic E-state index is 0.0926. The number of anilines is 1. The molecule has 0 amide bonds. The lowest BCUT2D eigenvalue weighted by atomic mass is 9.59. The summed E-state index contributed by atoms with van der Waals surface area (Å²) < 4.78 is 42.1. The number of rotatable bonds is 14. The first kappa shape index (κ1) is 38.2. The van der Waals surface area contributed by atoms with Gasteiger partial charge in [0.1, 0.15) is 28.5 Å². The van der Waals surface area contributed by atoms with E-state index >= 15 is 0 Å². The van der Waals surface area contributed by atoms with Gasteiger partial charge in [0.2, 0.25) is 10.0 Å². The van der Waals surface area contributed by atoms with Gasteiger partial charge in [0.05, 0.1) is 12.8 Å². The summed E-state index contributed by atoms with van der Waals surface area (Å²) in [6, 6.07) is 15.4. The number of aliphatic carboxylic acids is 1. The summed E-state index contributed by atoms with van der Waals surface area (Å²) in [4.78, 5) is 17.7. The fourth-order valence-electron chi connectivity index (χ4n) is 9.13. The number of fused-ring (bicyclic) bond motifs is 3. The molecule has 54 heavy (non-hydrogen) atoms. The molecule has 0 aliphatic heterocycles. The standard InChI is InChI=1S/C41H50ClN5O6S/c1-27(26-53-37-12-17-43-36-9-4-6-28(2)38(36)37)20-30-21-29-10-11-33(52-19-18-45-54(50,51)34-24-44-47(3)25-34)23-35(29)40(30)13-15-41(16-14-40,39(48)49)46-32-8-5-7-31(42)22-32/h5,7-8,10-12,17,22-25,27-28,30,45-46H,4,6,9,13-16,18-21,26H2,1-3H3,(H,48,49)/t27-,28-,30?,40?,41?/m1/s1. The van der Waals surface area contributed by atoms with Crippen LogP contribution >= 0.6 is 11.6 Å². The van der Waals surface area contributed by atoms with E-state index in [1.54, 1.807) is 19.2 Å². The lowest BCUT2D eigenvalue weighted by molar-refractivity contribution is -0.144. The van der Waals surface area contributed by atoms with Gasteiger partial charge in [-0.1, -0.05) is 37.6 Å². The monoisotopic (exact) mass is 775 g/mol. The van der Waals surface area contributed by atoms with Gasteiger partial charge in [-0.25, -0.2) is 17.9 Å². The number of halogens is 1. The van der Waals surface area contributed by atoms with E-state index in [-0.39, 0.29) is 35.3 Å². The molecule has 0 bridgehead atoms. The van der Waals surface area contributed by atoms with Crippen LogP contribution in [0.5, 0.6) is 11.5 Å². The van der Waals surface area contributed by atoms with Crippen LogP contribution in [-0.2, 0) is 40.1 Å². The highest BCUT2D eigenvalue weighted by Gasteiger charge is 2.54. The second-order valence-corrected chi connectivity index (χ2v) is 17.8. The van der Waals surface area contributed by atoms with Gasteiger partial charge in [-0.2, -0.15) is 5.10 Å². The molecule has 2 aromatic heterocycles. The number of pyridine rings is 1. The van der Waals surface area contributed by atoms with Gasteiger partial charge in [0, 0.05) is 48.0 Å². The van der Waals surface area contributed by atoms with Gasteiger partial charge < -0.3 is 19.9 Å². The molecular weight excluding hydrogens is 726 g/mol. The molecule has 13 heteroatoms. The summed E-state index contributed by atoms with van der Waals surface area (Å²) in [6.07, 6.45) is 12.0. The number of carbonyl (C=O) groups is 1. The van der Waals surface area contributed by atoms with Crippen LogP contribution in [0.4, 0.5) is 5.69 Å². The number of hydrogen-bond donors (Lipinski definition) is 3. The van der Waals surface area contributed by atoms with Crippen LogP contribution in [0, 0.1) is 11.8 Å². The maximum absolute atomic E-state index is 13.0. The minimum Gasteiger partial charge on any atom is -0.493 e. The molecule has 2 heterocycles. The Morgan fingerprint density at radius 1 is 1.13 bits per heavy atom. The molecule has 3 aliphatic rings. The third-order valence-electron chi connectivity index (χ3n) is 11.9. The summed E-state index contributed by atoms with van der Waals surface area (Å²) >= 11 is 6.28. The Hall–Kier alpha value is -4.13. The number of carboxylic acid groups (broad SMARTS) is 1. The highest BCUT2D eigenvalue weighted by molar-refractivity contribution is 7.89. The fraction of sp³-hybridized carbons (Fsp3) is 0.488. The smallest absolute Gasteiger partial charge is 0.329 e. The molecule has 1 unspecified atom stereocenters. The van der Waals surface area contributed by atoms with E-state index in [2.05, 4.69) is 46.1 Å². The van der Waals surface area contributed by atoms with Gasteiger partial charge in [-0.3, -0.25) is 9.67 Å². The average molecular weight is 776 g/mol. The predicted molar refractivity (Wildman–Crippen MR) is 208 cm³/mol. The second-order valence-electron chi connectivity index (χ2n) is 15.6. The van der Waals surface area contributed by atoms with Crippen molar-refractivity contribution in [2.75, 3.05) is 25.1 Å². The maximum atomic E-state index is 13.0. The predicted octanol–water partition coefficient (Wildman–Crippen LogP) is 7.29. The number of hydrogen-bond acceptors (Lipinski definition) is 8. The second kappa shape index (κ2) is 15.5. The van der Waals surface area contributed by atoms with Crippen LogP contribution in [-0.4, -0.2) is 59.6 Å². The largest absolute Gasteiger partial charge is 0.493 e. The summed E-state index contributed by atoms with van der Waals surface area (Å²) in [5.41, 5.74) is 4.16. The minimum atomic E-state index is -3.71. The molecule has 3 N–H and O–H groups in total. The molecule has 4 aromatic rings. The molecular formula is C41H50ClN5O6S. The number of sulfonamides is 1. The van der Waals surface area contributed by atoms with E-state index < -0.39 is 21.5 Å². The molecule has 11 nitrogen and oxygen atoms in total. The molecule has 0 radical (unpaired) electrons. The molecule has 3 aliphatic carbocycles. The van der Waals surface area contributed by atoms with Crippen molar-refractivity contribution in [3.8, 4) is 11.5 Å². The highest BCUT2D eigenvalue weighted by Crippen LogP contribution is 2.57. The van der Waals surface area contributed by atoms with Gasteiger partial charge in [0.15, 0.2) is 0 Å². The van der Waals surface area contributed by atoms with Gasteiger partial charge in [0.25, 0.3) is 0 Å². The number of benzene rings is 2. The van der Waals surface area contributed by atoms with E-state index in [4.69, 9.17) is 21.1 Å². The van der Waals surface area contributed by atoms with E-state index in [0.717, 1.165) is 43.5 Å². The first-order valence-electron chi connectivity index (χ1n) is 19.0. The van der Waals surface area contributed by atoms with Crippen LogP contribution in [0.2, 0.25) is 5.02 Å². The van der Waals surface area contributed by atoms with E-state index in [9.17, 15) is 18.3 Å². The topological polar surface area (TPSA) is 145 Å². The van der Waals surface area contributed by atoms with E-state index in [1.165, 1.54) is 33.8 Å². The zero-order valence-corrected chi connectivity index (χ0v) is 32.8. The lowest BCUT2D eigenvalue weighted by Crippen LogP contribution is -2.53. The molecule has 1 spiro atoms. The van der Waals surface area contributed by atoms with Crippen LogP contribution in [0.15, 0.2) is 72.0 Å². The van der Waals surface area contributed by atoms with Crippen molar-refractivity contribution in [1.82, 2.24) is 19.5 Å². The van der Waals surface area contributed by atoms with Crippen molar-refractivity contribution >= 4 is 33.3 Å². The number of nitrogens with one attached hydrogen (secondary N) is 2. The van der Waals surface area contributed by atoms with Crippen LogP contribution in [0.25, 0.3) is 0 Å². The third kappa shape index (κ3) is 7.83. The first-order chi connectivity index (χ1) is 25.9. The molecule has 0 saturated heterocycles. The Bertz CT molecular complexity index is 2100. The normalized spacial score (nSPS) is 24.1. The van der Waals surface area contributed by atoms with Crippen molar-refractivity contribution in [1.29, 1.82) is 0 Å². The molecule has 7 rings (SSSR count). The number of carboxylic acids is 1. The summed E-state index contributed by atoms with van der Waals surface area (Å²) in [5, 5.41) is 18.5. The zero-order valence-electron chi connectivity index (χ0n) is 31.2. The van der Waals surface area contributed by atoms with Gasteiger partial charge in [-0.05, 0) is 128 Å². The molecule has 1 fully saturated rings. The summed E-state index contributed by atoms with van der Waals surface area (Å²) in [7, 11) is -2.04. The SMILES string of the molecule is C[C@@H](COc1ccnc2c1[C@H](C)CCC2)CC1Cc2ccc(OCCNS(=O)(=O)c3cnn(C)c3)cc2C12CCC(Nc1cccc(Cl)c1)(C(=O)O)CC2. The number of aryl methyl sites for hydroxylation is 2. The first-order valence-corrected chi connectivity index (χ1v) is 20.9. The molecule has 1 saturated carbocycles. The number of aromatic nitrogens is 3. The lowest BCUT2D eigenvalue weighted by Gasteiger charge is -2.47. The quantitative estimate of drug-likeness (QED) is 0.113. The van der Waals surface area contributed by atoms with Crippen molar-refractivity contribution < 1.29 is 27.8 Å². The maximum Gasteiger partial charge on any atom is 0.329 e. The molecule has 288 valence electrons. The summed E-state index contributed by atoms with van der Waals surface area (Å²) in [6.45, 7) is 5.34. The Morgan fingerprint density at radius 3 is 2.69 bits per heavy atom. The van der Waals surface area contributed by atoms with Crippen molar-refractivity contribution in [3.05, 3.63) is 94.5 Å². The fourth-order valence-corrected chi connectivity index (χ4v) is 10.3. The zero-order chi connectivity index (χ0) is 38.1. The van der Waals surface area contributed by atoms with Crippen molar-refractivity contribution in [2.24, 2.45) is 18.9 Å².